The van der Waals surface area contributed by atoms with Gasteiger partial charge in [-0.3, -0.25) is 0 Å². The number of rotatable bonds is 6. The summed E-state index contributed by atoms with van der Waals surface area (Å²) in [4.78, 5) is 13.8. The van der Waals surface area contributed by atoms with E-state index < -0.39 is 39.4 Å². The lowest BCUT2D eigenvalue weighted by molar-refractivity contribution is -0.0581. The zero-order valence-corrected chi connectivity index (χ0v) is 25.9. The lowest BCUT2D eigenvalue weighted by Gasteiger charge is -2.37. The van der Waals surface area contributed by atoms with Gasteiger partial charge in [-0.25, -0.2) is 26.4 Å². The van der Waals surface area contributed by atoms with Crippen molar-refractivity contribution in [3.63, 3.8) is 0 Å². The predicted molar refractivity (Wildman–Crippen MR) is 165 cm³/mol. The Balaban J connectivity index is 1.55. The Morgan fingerprint density at radius 3 is 2.31 bits per heavy atom. The van der Waals surface area contributed by atoms with Gasteiger partial charge in [-0.2, -0.15) is 4.31 Å². The first-order valence-electron chi connectivity index (χ1n) is 15.5. The van der Waals surface area contributed by atoms with Gasteiger partial charge < -0.3 is 14.7 Å². The molecular weight excluding hydrogens is 605 g/mol. The summed E-state index contributed by atoms with van der Waals surface area (Å²) in [6.45, 7) is 0.394. The Bertz CT molecular complexity index is 1670. The number of likely N-dealkylation sites (N-methyl/N-ethyl adjacent to an activating group) is 1. The van der Waals surface area contributed by atoms with E-state index in [1.54, 1.807) is 13.1 Å². The second-order valence-electron chi connectivity index (χ2n) is 12.4. The molecule has 240 valence electrons. The maximum absolute atomic E-state index is 14.5. The summed E-state index contributed by atoms with van der Waals surface area (Å²) < 4.78 is 79.3. The van der Waals surface area contributed by atoms with Crippen LogP contribution in [0.2, 0.25) is 0 Å². The average Bonchev–Trinajstić information content (AvgIpc) is 3.11. The largest absolute Gasteiger partial charge is 0.490 e. The molecule has 0 saturated heterocycles. The number of nitrogens with zero attached hydrogens (tertiary/aromatic N) is 2. The summed E-state index contributed by atoms with van der Waals surface area (Å²) in [6.07, 6.45) is 3.99. The SMILES string of the molecule is CN1[C@H](C2CCCCC2)CN(c2ccccc2)c2cc(OC3CCC(F)(F)CC3)c(-c3ccc(F)c(C(=O)O)c3)cc2S1(=O)=O. The highest BCUT2D eigenvalue weighted by Crippen LogP contribution is 2.47. The molecule has 1 N–H and O–H groups in total. The monoisotopic (exact) mass is 642 g/mol. The number of hydrogen-bond acceptors (Lipinski definition) is 5. The number of halogens is 3. The first kappa shape index (κ1) is 31.4. The van der Waals surface area contributed by atoms with Crippen LogP contribution in [0.1, 0.15) is 68.1 Å². The van der Waals surface area contributed by atoms with Crippen molar-refractivity contribution in [1.82, 2.24) is 4.31 Å². The number of benzene rings is 3. The number of hydrogen-bond donors (Lipinski definition) is 1. The molecule has 1 aliphatic heterocycles. The molecule has 6 rings (SSSR count). The van der Waals surface area contributed by atoms with E-state index in [0.717, 1.165) is 49.9 Å². The molecule has 3 aromatic carbocycles. The molecule has 0 spiro atoms. The van der Waals surface area contributed by atoms with Crippen molar-refractivity contribution in [3.8, 4) is 16.9 Å². The maximum atomic E-state index is 14.5. The first-order chi connectivity index (χ1) is 21.4. The smallest absolute Gasteiger partial charge is 0.338 e. The lowest BCUT2D eigenvalue weighted by Crippen LogP contribution is -2.46. The van der Waals surface area contributed by atoms with Crippen LogP contribution in [0.25, 0.3) is 11.1 Å². The third-order valence-electron chi connectivity index (χ3n) is 9.57. The van der Waals surface area contributed by atoms with Crippen molar-refractivity contribution < 1.29 is 36.2 Å². The Kier molecular flexibility index (Phi) is 8.60. The van der Waals surface area contributed by atoms with E-state index in [2.05, 4.69) is 0 Å². The number of alkyl halides is 2. The van der Waals surface area contributed by atoms with E-state index in [0.29, 0.717) is 12.2 Å². The van der Waals surface area contributed by atoms with Crippen molar-refractivity contribution in [2.75, 3.05) is 18.5 Å². The number of carboxylic acids is 1. The van der Waals surface area contributed by atoms with Gasteiger partial charge in [0.25, 0.3) is 0 Å². The van der Waals surface area contributed by atoms with Crippen LogP contribution in [-0.4, -0.2) is 55.5 Å². The van der Waals surface area contributed by atoms with Gasteiger partial charge in [-0.1, -0.05) is 43.5 Å². The summed E-state index contributed by atoms with van der Waals surface area (Å²) in [5.74, 6) is -4.80. The van der Waals surface area contributed by atoms with Crippen LogP contribution >= 0.6 is 0 Å². The number of aromatic carboxylic acids is 1. The number of para-hydroxylation sites is 1. The van der Waals surface area contributed by atoms with Gasteiger partial charge in [0.2, 0.25) is 15.9 Å². The third-order valence-corrected chi connectivity index (χ3v) is 11.5. The van der Waals surface area contributed by atoms with Gasteiger partial charge in [0, 0.05) is 49.8 Å². The van der Waals surface area contributed by atoms with Gasteiger partial charge >= 0.3 is 5.97 Å². The molecule has 0 amide bonds. The minimum absolute atomic E-state index is 0.00545. The van der Waals surface area contributed by atoms with E-state index >= 15 is 0 Å². The number of carboxylic acid groups (broad SMARTS) is 1. The van der Waals surface area contributed by atoms with Gasteiger partial charge in [0.1, 0.15) is 16.5 Å². The molecule has 3 aromatic rings. The van der Waals surface area contributed by atoms with Gasteiger partial charge in [-0.05, 0) is 67.5 Å². The molecule has 1 heterocycles. The Morgan fingerprint density at radius 2 is 1.64 bits per heavy atom. The molecule has 1 atom stereocenters. The second-order valence-corrected chi connectivity index (χ2v) is 14.4. The highest BCUT2D eigenvalue weighted by Gasteiger charge is 2.42. The quantitative estimate of drug-likeness (QED) is 0.295. The molecule has 0 bridgehead atoms. The number of carbonyl (C=O) groups is 1. The van der Waals surface area contributed by atoms with Crippen molar-refractivity contribution in [3.05, 3.63) is 72.0 Å². The fourth-order valence-electron chi connectivity index (χ4n) is 7.01. The minimum Gasteiger partial charge on any atom is -0.490 e. The van der Waals surface area contributed by atoms with Gasteiger partial charge in [0.15, 0.2) is 0 Å². The molecule has 2 fully saturated rings. The first-order valence-corrected chi connectivity index (χ1v) is 16.9. The molecule has 0 unspecified atom stereocenters. The summed E-state index contributed by atoms with van der Waals surface area (Å²) in [5.41, 5.74) is 1.08. The van der Waals surface area contributed by atoms with Crippen molar-refractivity contribution >= 4 is 27.4 Å². The van der Waals surface area contributed by atoms with Crippen LogP contribution in [-0.2, 0) is 10.0 Å². The van der Waals surface area contributed by atoms with Crippen LogP contribution in [0, 0.1) is 11.7 Å². The standard InChI is InChI=1S/C34H37F3N2O5S/c1-38-30(22-8-4-2-5-9-22)21-39(24-10-6-3-7-11-24)29-20-31(44-25-14-16-34(36,37)17-15-25)26(19-32(29)45(38,42)43)23-12-13-28(35)27(18-23)33(40)41/h3,6-7,10-13,18-20,22,25,30H,2,4-5,8-9,14-17,21H2,1H3,(H,40,41)/t30-/m0/s1. The molecule has 3 aliphatic rings. The maximum Gasteiger partial charge on any atom is 0.338 e. The average molecular weight is 643 g/mol. The van der Waals surface area contributed by atoms with E-state index in [1.807, 2.05) is 35.2 Å². The topological polar surface area (TPSA) is 87.2 Å². The van der Waals surface area contributed by atoms with Crippen LogP contribution < -0.4 is 9.64 Å². The normalized spacial score (nSPS) is 22.4. The van der Waals surface area contributed by atoms with Crippen LogP contribution in [0.3, 0.4) is 0 Å². The highest BCUT2D eigenvalue weighted by atomic mass is 32.2. The predicted octanol–water partition coefficient (Wildman–Crippen LogP) is 7.87. The van der Waals surface area contributed by atoms with E-state index in [-0.39, 0.29) is 59.4 Å². The fraction of sp³-hybridized carbons (Fsp3) is 0.441. The number of anilines is 2. The zero-order valence-electron chi connectivity index (χ0n) is 25.1. The number of ether oxygens (including phenoxy) is 1. The number of fused-ring (bicyclic) bond motifs is 1. The van der Waals surface area contributed by atoms with Crippen molar-refractivity contribution in [2.24, 2.45) is 5.92 Å². The van der Waals surface area contributed by atoms with E-state index in [1.165, 1.54) is 16.4 Å². The van der Waals surface area contributed by atoms with Crippen LogP contribution in [0.4, 0.5) is 24.5 Å². The highest BCUT2D eigenvalue weighted by molar-refractivity contribution is 7.89. The van der Waals surface area contributed by atoms with E-state index in [9.17, 15) is 31.5 Å². The fourth-order valence-corrected chi connectivity index (χ4v) is 8.61. The Morgan fingerprint density at radius 1 is 0.956 bits per heavy atom. The van der Waals surface area contributed by atoms with Crippen LogP contribution in [0.15, 0.2) is 65.6 Å². The molecule has 7 nitrogen and oxygen atoms in total. The lowest BCUT2D eigenvalue weighted by atomic mass is 9.83. The van der Waals surface area contributed by atoms with E-state index in [4.69, 9.17) is 4.74 Å². The number of sulfonamides is 1. The molecule has 2 aliphatic carbocycles. The third kappa shape index (κ3) is 6.29. The molecule has 45 heavy (non-hydrogen) atoms. The molecule has 0 radical (unpaired) electrons. The van der Waals surface area contributed by atoms with Crippen molar-refractivity contribution in [1.29, 1.82) is 0 Å². The Hall–Kier alpha value is -3.57. The van der Waals surface area contributed by atoms with Gasteiger partial charge in [0.05, 0.1) is 17.4 Å². The minimum atomic E-state index is -4.08. The Labute approximate surface area is 261 Å². The summed E-state index contributed by atoms with van der Waals surface area (Å²) in [6, 6.07) is 15.8. The van der Waals surface area contributed by atoms with Gasteiger partial charge in [-0.15, -0.1) is 0 Å². The molecular formula is C34H37F3N2O5S. The second kappa shape index (κ2) is 12.3. The zero-order chi connectivity index (χ0) is 31.9. The summed E-state index contributed by atoms with van der Waals surface area (Å²) in [5, 5.41) is 9.63. The molecule has 0 aromatic heterocycles. The summed E-state index contributed by atoms with van der Waals surface area (Å²) in [7, 11) is -2.47. The van der Waals surface area contributed by atoms with Crippen LogP contribution in [0.5, 0.6) is 5.75 Å². The molecule has 11 heteroatoms. The summed E-state index contributed by atoms with van der Waals surface area (Å²) >= 11 is 0. The van der Waals surface area contributed by atoms with Crippen molar-refractivity contribution in [2.45, 2.75) is 80.8 Å². The molecule has 2 saturated carbocycles.